The van der Waals surface area contributed by atoms with Crippen molar-refractivity contribution in [2.75, 3.05) is 0 Å². The van der Waals surface area contributed by atoms with E-state index in [1.54, 1.807) is 24.3 Å². The van der Waals surface area contributed by atoms with Crippen LogP contribution in [0.25, 0.3) is 16.7 Å². The van der Waals surface area contributed by atoms with Crippen LogP contribution in [0, 0.1) is 0 Å². The van der Waals surface area contributed by atoms with Crippen molar-refractivity contribution in [3.63, 3.8) is 0 Å². The molecule has 0 bridgehead atoms. The molecular weight excluding hydrogens is 492 g/mol. The van der Waals surface area contributed by atoms with Gasteiger partial charge in [-0.25, -0.2) is 4.98 Å². The zero-order valence-electron chi connectivity index (χ0n) is 15.6. The summed E-state index contributed by atoms with van der Waals surface area (Å²) in [6.07, 6.45) is -4.74. The fraction of sp³-hybridized carbons (Fsp3) is 0.0952. The third-order valence-corrected chi connectivity index (χ3v) is 5.69. The normalized spacial score (nSPS) is 11.4. The molecular formula is C21H14Cl3F3N2OS. The van der Waals surface area contributed by atoms with Gasteiger partial charge in [-0.05, 0) is 60.2 Å². The summed E-state index contributed by atoms with van der Waals surface area (Å²) in [4.78, 5) is 4.67. The molecule has 0 saturated carbocycles. The summed E-state index contributed by atoms with van der Waals surface area (Å²) in [6, 6.07) is 18.5. The molecule has 0 aliphatic heterocycles. The van der Waals surface area contributed by atoms with Crippen LogP contribution >= 0.6 is 47.4 Å². The number of aromatic nitrogens is 2. The first-order valence-corrected chi connectivity index (χ1v) is 10.4. The number of hydrogen-bond donors (Lipinski definition) is 0. The number of hydrogen-bond acceptors (Lipinski definition) is 3. The highest BCUT2D eigenvalue weighted by Gasteiger charge is 2.31. The van der Waals surface area contributed by atoms with Gasteiger partial charge in [-0.3, -0.25) is 4.57 Å². The molecule has 3 nitrogen and oxygen atoms in total. The number of halogens is 6. The summed E-state index contributed by atoms with van der Waals surface area (Å²) < 4.78 is 43.2. The van der Waals surface area contributed by atoms with Crippen molar-refractivity contribution in [2.45, 2.75) is 17.3 Å². The molecule has 0 aliphatic carbocycles. The van der Waals surface area contributed by atoms with Gasteiger partial charge in [-0.2, -0.15) is 0 Å². The van der Waals surface area contributed by atoms with Gasteiger partial charge in [0.25, 0.3) is 0 Å². The first-order valence-electron chi connectivity index (χ1n) is 8.70. The average Bonchev–Trinajstić information content (AvgIpc) is 3.04. The van der Waals surface area contributed by atoms with Crippen LogP contribution in [-0.4, -0.2) is 15.9 Å². The van der Waals surface area contributed by atoms with Crippen LogP contribution in [0.3, 0.4) is 0 Å². The predicted molar refractivity (Wildman–Crippen MR) is 121 cm³/mol. The quantitative estimate of drug-likeness (QED) is 0.258. The fourth-order valence-corrected chi connectivity index (χ4v) is 4.18. The molecule has 0 aliphatic rings. The molecule has 0 amide bonds. The van der Waals surface area contributed by atoms with Gasteiger partial charge in [0.2, 0.25) is 0 Å². The van der Waals surface area contributed by atoms with Crippen molar-refractivity contribution in [2.24, 2.45) is 0 Å². The van der Waals surface area contributed by atoms with E-state index in [4.69, 9.17) is 23.2 Å². The van der Waals surface area contributed by atoms with Gasteiger partial charge in [0, 0.05) is 21.5 Å². The Morgan fingerprint density at radius 3 is 2.19 bits per heavy atom. The molecule has 3 aromatic carbocycles. The van der Waals surface area contributed by atoms with E-state index in [2.05, 4.69) is 9.72 Å². The second-order valence-corrected chi connectivity index (χ2v) is 8.14. The Morgan fingerprint density at radius 2 is 1.55 bits per heavy atom. The number of thioether (sulfide) groups is 1. The molecule has 0 unspecified atom stereocenters. The number of ether oxygens (including phenoxy) is 1. The van der Waals surface area contributed by atoms with Crippen LogP contribution in [0.2, 0.25) is 10.0 Å². The largest absolute Gasteiger partial charge is 0.573 e. The van der Waals surface area contributed by atoms with Gasteiger partial charge >= 0.3 is 6.36 Å². The van der Waals surface area contributed by atoms with Crippen LogP contribution < -0.4 is 4.74 Å². The van der Waals surface area contributed by atoms with Gasteiger partial charge in [-0.1, -0.05) is 47.1 Å². The van der Waals surface area contributed by atoms with Crippen molar-refractivity contribution in [1.82, 2.24) is 9.55 Å². The van der Waals surface area contributed by atoms with Crippen LogP contribution in [-0.2, 0) is 5.75 Å². The van der Waals surface area contributed by atoms with E-state index >= 15 is 0 Å². The van der Waals surface area contributed by atoms with Crippen molar-refractivity contribution in [1.29, 1.82) is 0 Å². The van der Waals surface area contributed by atoms with Gasteiger partial charge in [0.1, 0.15) is 5.75 Å². The number of nitrogens with zero attached hydrogens (tertiary/aromatic N) is 2. The SMILES string of the molecule is Cl.FC(F)(F)Oc1ccc(-n2c(SCc3ccc(Cl)cc3)nc3cc(Cl)ccc32)cc1. The van der Waals surface area contributed by atoms with Crippen LogP contribution in [0.5, 0.6) is 5.75 Å². The summed E-state index contributed by atoms with van der Waals surface area (Å²) >= 11 is 13.5. The molecule has 0 fully saturated rings. The summed E-state index contributed by atoms with van der Waals surface area (Å²) in [5.74, 6) is 0.359. The first kappa shape index (κ1) is 23.6. The minimum Gasteiger partial charge on any atom is -0.406 e. The first-order chi connectivity index (χ1) is 14.3. The number of alkyl halides is 3. The molecule has 0 saturated heterocycles. The van der Waals surface area contributed by atoms with E-state index in [9.17, 15) is 13.2 Å². The Bertz CT molecular complexity index is 1180. The molecule has 4 rings (SSSR count). The zero-order valence-corrected chi connectivity index (χ0v) is 18.7. The van der Waals surface area contributed by atoms with E-state index in [0.29, 0.717) is 32.2 Å². The van der Waals surface area contributed by atoms with Crippen LogP contribution in [0.1, 0.15) is 5.56 Å². The third kappa shape index (κ3) is 5.80. The smallest absolute Gasteiger partial charge is 0.406 e. The molecule has 0 spiro atoms. The van der Waals surface area contributed by atoms with E-state index in [1.807, 2.05) is 34.9 Å². The molecule has 0 atom stereocenters. The molecule has 0 radical (unpaired) electrons. The lowest BCUT2D eigenvalue weighted by molar-refractivity contribution is -0.274. The maximum Gasteiger partial charge on any atom is 0.573 e. The predicted octanol–water partition coefficient (Wildman–Crippen LogP) is 7.95. The Labute approximate surface area is 196 Å². The van der Waals surface area contributed by atoms with E-state index in [0.717, 1.165) is 11.1 Å². The summed E-state index contributed by atoms with van der Waals surface area (Å²) in [5.41, 5.74) is 3.21. The molecule has 1 aromatic heterocycles. The Balaban J connectivity index is 0.00000272. The van der Waals surface area contributed by atoms with Crippen molar-refractivity contribution >= 4 is 58.4 Å². The van der Waals surface area contributed by atoms with E-state index < -0.39 is 6.36 Å². The highest BCUT2D eigenvalue weighted by molar-refractivity contribution is 7.98. The van der Waals surface area contributed by atoms with Crippen LogP contribution in [0.4, 0.5) is 13.2 Å². The lowest BCUT2D eigenvalue weighted by atomic mass is 10.2. The number of benzene rings is 3. The van der Waals surface area contributed by atoms with Gasteiger partial charge in [0.15, 0.2) is 5.16 Å². The topological polar surface area (TPSA) is 27.1 Å². The maximum absolute atomic E-state index is 12.5. The Hall–Kier alpha value is -2.06. The number of imidazole rings is 1. The fourth-order valence-electron chi connectivity index (χ4n) is 2.90. The minimum absolute atomic E-state index is 0. The monoisotopic (exact) mass is 504 g/mol. The van der Waals surface area contributed by atoms with Crippen molar-refractivity contribution < 1.29 is 17.9 Å². The molecule has 4 aromatic rings. The minimum atomic E-state index is -4.74. The highest BCUT2D eigenvalue weighted by atomic mass is 35.5. The number of rotatable bonds is 5. The van der Waals surface area contributed by atoms with E-state index in [1.165, 1.54) is 23.9 Å². The highest BCUT2D eigenvalue weighted by Crippen LogP contribution is 2.32. The third-order valence-electron chi connectivity index (χ3n) is 4.20. The Morgan fingerprint density at radius 1 is 0.903 bits per heavy atom. The molecule has 0 N–H and O–H groups in total. The van der Waals surface area contributed by atoms with Gasteiger partial charge < -0.3 is 4.74 Å². The second kappa shape index (κ2) is 9.61. The van der Waals surface area contributed by atoms with Gasteiger partial charge in [0.05, 0.1) is 11.0 Å². The van der Waals surface area contributed by atoms with Crippen molar-refractivity contribution in [3.8, 4) is 11.4 Å². The summed E-state index contributed by atoms with van der Waals surface area (Å²) in [7, 11) is 0. The zero-order chi connectivity index (χ0) is 21.3. The molecule has 162 valence electrons. The molecule has 1 heterocycles. The van der Waals surface area contributed by atoms with Crippen molar-refractivity contribution in [3.05, 3.63) is 82.3 Å². The second-order valence-electron chi connectivity index (χ2n) is 6.32. The average molecular weight is 506 g/mol. The standard InChI is InChI=1S/C21H13Cl2F3N2OS.ClH/c22-14-3-1-13(2-4-14)12-30-20-27-18-11-15(23)5-10-19(18)28(20)16-6-8-17(9-7-16)29-21(24,25)26;/h1-11H,12H2;1H. The lowest BCUT2D eigenvalue weighted by Gasteiger charge is -2.12. The molecule has 10 heteroatoms. The Kier molecular flexibility index (Phi) is 7.31. The summed E-state index contributed by atoms with van der Waals surface area (Å²) in [5, 5.41) is 1.90. The molecule has 31 heavy (non-hydrogen) atoms. The lowest BCUT2D eigenvalue weighted by Crippen LogP contribution is -2.17. The van der Waals surface area contributed by atoms with Gasteiger partial charge in [-0.15, -0.1) is 25.6 Å². The number of fused-ring (bicyclic) bond motifs is 1. The maximum atomic E-state index is 12.5. The van der Waals surface area contributed by atoms with E-state index in [-0.39, 0.29) is 18.2 Å². The summed E-state index contributed by atoms with van der Waals surface area (Å²) in [6.45, 7) is 0. The van der Waals surface area contributed by atoms with Crippen LogP contribution in [0.15, 0.2) is 71.9 Å².